The Morgan fingerprint density at radius 3 is 2.32 bits per heavy atom. The van der Waals surface area contributed by atoms with Crippen LogP contribution in [0.15, 0.2) is 24.3 Å². The van der Waals surface area contributed by atoms with E-state index in [1.54, 1.807) is 19.2 Å². The van der Waals surface area contributed by atoms with Gasteiger partial charge in [0.05, 0.1) is 12.2 Å². The average Bonchev–Trinajstić information content (AvgIpc) is 2.36. The summed E-state index contributed by atoms with van der Waals surface area (Å²) in [6.07, 6.45) is 0. The van der Waals surface area contributed by atoms with Gasteiger partial charge in [0.25, 0.3) is 0 Å². The van der Waals surface area contributed by atoms with E-state index in [0.29, 0.717) is 12.2 Å². The molecule has 0 bridgehead atoms. The molecule has 0 unspecified atom stereocenters. The summed E-state index contributed by atoms with van der Waals surface area (Å²) < 4.78 is 9.87. The van der Waals surface area contributed by atoms with Crippen molar-refractivity contribution in [1.29, 1.82) is 0 Å². The number of esters is 1. The van der Waals surface area contributed by atoms with Crippen LogP contribution in [0.25, 0.3) is 0 Å². The summed E-state index contributed by atoms with van der Waals surface area (Å²) in [5.41, 5.74) is 1.79. The summed E-state index contributed by atoms with van der Waals surface area (Å²) in [5.74, 6) is -0.313. The first-order chi connectivity index (χ1) is 8.92. The number of hydrogen-bond donors (Lipinski definition) is 1. The average molecular weight is 265 g/mol. The lowest BCUT2D eigenvalue weighted by Crippen LogP contribution is -2.35. The van der Waals surface area contributed by atoms with Crippen LogP contribution in [0.5, 0.6) is 0 Å². The predicted molar refractivity (Wildman–Crippen MR) is 75.2 cm³/mol. The van der Waals surface area contributed by atoms with Gasteiger partial charge in [-0.05, 0) is 38.5 Å². The summed E-state index contributed by atoms with van der Waals surface area (Å²) >= 11 is 0. The highest BCUT2D eigenvalue weighted by Gasteiger charge is 2.09. The minimum atomic E-state index is -0.313. The van der Waals surface area contributed by atoms with E-state index >= 15 is 0 Å². The van der Waals surface area contributed by atoms with Gasteiger partial charge in [-0.3, -0.25) is 0 Å². The number of hydrogen-bond acceptors (Lipinski definition) is 4. The normalized spacial score (nSPS) is 11.4. The van der Waals surface area contributed by atoms with Crippen LogP contribution in [0.2, 0.25) is 0 Å². The largest absolute Gasteiger partial charge is 0.460 e. The van der Waals surface area contributed by atoms with E-state index in [2.05, 4.69) is 26.1 Å². The quantitative estimate of drug-likeness (QED) is 0.633. The molecule has 4 nitrogen and oxygen atoms in total. The van der Waals surface area contributed by atoms with Crippen molar-refractivity contribution in [3.05, 3.63) is 35.4 Å². The van der Waals surface area contributed by atoms with Crippen LogP contribution >= 0.6 is 0 Å². The second-order valence-electron chi connectivity index (χ2n) is 5.43. The zero-order chi connectivity index (χ0) is 14.3. The smallest absolute Gasteiger partial charge is 0.338 e. The van der Waals surface area contributed by atoms with Gasteiger partial charge < -0.3 is 14.8 Å². The van der Waals surface area contributed by atoms with Gasteiger partial charge in [-0.15, -0.1) is 0 Å². The van der Waals surface area contributed by atoms with Crippen molar-refractivity contribution in [1.82, 2.24) is 5.32 Å². The highest BCUT2D eigenvalue weighted by Crippen LogP contribution is 2.08. The van der Waals surface area contributed by atoms with E-state index in [1.165, 1.54) is 0 Å². The summed E-state index contributed by atoms with van der Waals surface area (Å²) in [5, 5.41) is 3.40. The summed E-state index contributed by atoms with van der Waals surface area (Å²) in [6, 6.07) is 7.45. The minimum Gasteiger partial charge on any atom is -0.460 e. The molecule has 0 aliphatic heterocycles. The zero-order valence-corrected chi connectivity index (χ0v) is 12.2. The second kappa shape index (κ2) is 7.26. The van der Waals surface area contributed by atoms with Crippen LogP contribution in [0, 0.1) is 0 Å². The van der Waals surface area contributed by atoms with Crippen LogP contribution in [-0.2, 0) is 16.0 Å². The topological polar surface area (TPSA) is 47.6 Å². The number of rotatable bonds is 6. The lowest BCUT2D eigenvalue weighted by Gasteiger charge is -2.20. The number of methoxy groups -OCH3 is 1. The van der Waals surface area contributed by atoms with Gasteiger partial charge in [-0.25, -0.2) is 4.79 Å². The van der Waals surface area contributed by atoms with E-state index < -0.39 is 0 Å². The zero-order valence-electron chi connectivity index (χ0n) is 12.2. The Kier molecular flexibility index (Phi) is 5.99. The van der Waals surface area contributed by atoms with Gasteiger partial charge in [0, 0.05) is 19.2 Å². The Balaban J connectivity index is 2.49. The molecule has 1 aromatic carbocycles. The van der Waals surface area contributed by atoms with Gasteiger partial charge in [0.2, 0.25) is 0 Å². The van der Waals surface area contributed by atoms with E-state index in [-0.39, 0.29) is 18.1 Å². The molecule has 0 saturated heterocycles. The first-order valence-electron chi connectivity index (χ1n) is 6.42. The highest BCUT2D eigenvalue weighted by molar-refractivity contribution is 5.89. The number of benzene rings is 1. The molecule has 106 valence electrons. The summed E-state index contributed by atoms with van der Waals surface area (Å²) in [7, 11) is 1.57. The molecule has 0 aromatic heterocycles. The van der Waals surface area contributed by atoms with Crippen molar-refractivity contribution in [3.8, 4) is 0 Å². The van der Waals surface area contributed by atoms with E-state index in [4.69, 9.17) is 9.47 Å². The molecule has 0 aliphatic rings. The fraction of sp³-hybridized carbons (Fsp3) is 0.533. The Labute approximate surface area is 115 Å². The van der Waals surface area contributed by atoms with Crippen LogP contribution < -0.4 is 5.32 Å². The fourth-order valence-electron chi connectivity index (χ4n) is 1.43. The molecular weight excluding hydrogens is 242 g/mol. The first-order valence-corrected chi connectivity index (χ1v) is 6.42. The minimum absolute atomic E-state index is 0.0811. The molecule has 0 radical (unpaired) electrons. The van der Waals surface area contributed by atoms with Crippen molar-refractivity contribution in [2.75, 3.05) is 20.3 Å². The van der Waals surface area contributed by atoms with E-state index in [0.717, 1.165) is 12.1 Å². The maximum atomic E-state index is 11.7. The summed E-state index contributed by atoms with van der Waals surface area (Å²) in [6.45, 7) is 7.84. The lowest BCUT2D eigenvalue weighted by atomic mass is 10.1. The Hall–Kier alpha value is -1.39. The SMILES string of the molecule is COCCOC(=O)c1ccc(CNC(C)(C)C)cc1. The standard InChI is InChI=1S/C15H23NO3/c1-15(2,3)16-11-12-5-7-13(8-6-12)14(17)19-10-9-18-4/h5-8,16H,9-11H2,1-4H3. The molecule has 4 heteroatoms. The maximum Gasteiger partial charge on any atom is 0.338 e. The first kappa shape index (κ1) is 15.7. The summed E-state index contributed by atoms with van der Waals surface area (Å²) in [4.78, 5) is 11.7. The molecule has 0 amide bonds. The van der Waals surface area contributed by atoms with Gasteiger partial charge in [-0.1, -0.05) is 12.1 Å². The molecule has 19 heavy (non-hydrogen) atoms. The van der Waals surface area contributed by atoms with E-state index in [9.17, 15) is 4.79 Å². The van der Waals surface area contributed by atoms with Crippen molar-refractivity contribution < 1.29 is 14.3 Å². The third-order valence-electron chi connectivity index (χ3n) is 2.53. The van der Waals surface area contributed by atoms with Crippen LogP contribution in [-0.4, -0.2) is 31.8 Å². The van der Waals surface area contributed by atoms with Gasteiger partial charge >= 0.3 is 5.97 Å². The lowest BCUT2D eigenvalue weighted by molar-refractivity contribution is 0.0388. The third kappa shape index (κ3) is 6.36. The number of carbonyl (C=O) groups excluding carboxylic acids is 1. The third-order valence-corrected chi connectivity index (χ3v) is 2.53. The molecule has 1 N–H and O–H groups in total. The van der Waals surface area contributed by atoms with Crippen molar-refractivity contribution in [3.63, 3.8) is 0 Å². The second-order valence-corrected chi connectivity index (χ2v) is 5.43. The molecule has 0 aliphatic carbocycles. The molecule has 1 aromatic rings. The molecule has 0 atom stereocenters. The van der Waals surface area contributed by atoms with Gasteiger partial charge in [0.1, 0.15) is 6.61 Å². The predicted octanol–water partition coefficient (Wildman–Crippen LogP) is 2.38. The molecule has 0 heterocycles. The van der Waals surface area contributed by atoms with Crippen molar-refractivity contribution >= 4 is 5.97 Å². The Bertz CT molecular complexity index is 393. The maximum absolute atomic E-state index is 11.7. The molecule has 0 fully saturated rings. The molecule has 1 rings (SSSR count). The monoisotopic (exact) mass is 265 g/mol. The number of nitrogens with one attached hydrogen (secondary N) is 1. The van der Waals surface area contributed by atoms with Crippen LogP contribution in [0.1, 0.15) is 36.7 Å². The van der Waals surface area contributed by atoms with Crippen molar-refractivity contribution in [2.45, 2.75) is 32.9 Å². The number of carbonyl (C=O) groups is 1. The Morgan fingerprint density at radius 1 is 1.16 bits per heavy atom. The Morgan fingerprint density at radius 2 is 1.79 bits per heavy atom. The molecule has 0 spiro atoms. The van der Waals surface area contributed by atoms with Crippen LogP contribution in [0.4, 0.5) is 0 Å². The fourth-order valence-corrected chi connectivity index (χ4v) is 1.43. The van der Waals surface area contributed by atoms with Crippen LogP contribution in [0.3, 0.4) is 0 Å². The highest BCUT2D eigenvalue weighted by atomic mass is 16.6. The van der Waals surface area contributed by atoms with Crippen molar-refractivity contribution in [2.24, 2.45) is 0 Å². The molecule has 0 saturated carbocycles. The van der Waals surface area contributed by atoms with E-state index in [1.807, 2.05) is 12.1 Å². The van der Waals surface area contributed by atoms with Gasteiger partial charge in [-0.2, -0.15) is 0 Å². The number of ether oxygens (including phenoxy) is 2. The van der Waals surface area contributed by atoms with Gasteiger partial charge in [0.15, 0.2) is 0 Å². The molecular formula is C15H23NO3.